The van der Waals surface area contributed by atoms with Gasteiger partial charge in [0, 0.05) is 13.6 Å². The van der Waals surface area contributed by atoms with Crippen LogP contribution in [0.15, 0.2) is 56.8 Å². The maximum atomic E-state index is 6.63. The fourth-order valence-electron chi connectivity index (χ4n) is 2.22. The summed E-state index contributed by atoms with van der Waals surface area (Å²) in [5.41, 5.74) is 2.47. The standard InChI is InChI=1S/C16H11Br2ClS/c17-11-6-4-10(5-7-11)8-15(19)13-9-20-16-12(13)2-1-3-14(16)18/h1-7,9,15H,8H2. The Morgan fingerprint density at radius 3 is 2.55 bits per heavy atom. The number of alkyl halides is 1. The summed E-state index contributed by atoms with van der Waals surface area (Å²) < 4.78 is 3.50. The molecule has 102 valence electrons. The van der Waals surface area contributed by atoms with E-state index >= 15 is 0 Å². The van der Waals surface area contributed by atoms with Crippen LogP contribution < -0.4 is 0 Å². The van der Waals surface area contributed by atoms with Gasteiger partial charge in [-0.15, -0.1) is 22.9 Å². The summed E-state index contributed by atoms with van der Waals surface area (Å²) in [6.45, 7) is 0. The second-order valence-corrected chi connectivity index (χ2v) is 7.78. The number of benzene rings is 2. The number of fused-ring (bicyclic) bond motifs is 1. The maximum Gasteiger partial charge on any atom is 0.0639 e. The van der Waals surface area contributed by atoms with Crippen molar-refractivity contribution in [2.45, 2.75) is 11.8 Å². The first-order valence-electron chi connectivity index (χ1n) is 6.19. The summed E-state index contributed by atoms with van der Waals surface area (Å²) in [5, 5.41) is 3.42. The Morgan fingerprint density at radius 1 is 1.05 bits per heavy atom. The lowest BCUT2D eigenvalue weighted by Crippen LogP contribution is -1.94. The highest BCUT2D eigenvalue weighted by molar-refractivity contribution is 9.11. The molecule has 1 heterocycles. The Labute approximate surface area is 144 Å². The van der Waals surface area contributed by atoms with Crippen LogP contribution in [0.25, 0.3) is 10.1 Å². The first-order chi connectivity index (χ1) is 9.65. The van der Waals surface area contributed by atoms with E-state index in [1.165, 1.54) is 21.2 Å². The topological polar surface area (TPSA) is 0 Å². The van der Waals surface area contributed by atoms with Crippen molar-refractivity contribution in [3.8, 4) is 0 Å². The summed E-state index contributed by atoms with van der Waals surface area (Å²) in [6, 6.07) is 14.6. The number of thiophene rings is 1. The summed E-state index contributed by atoms with van der Waals surface area (Å²) >= 11 is 15.4. The minimum absolute atomic E-state index is 0.000717. The molecule has 4 heteroatoms. The number of halogens is 3. The van der Waals surface area contributed by atoms with Crippen LogP contribution in [0, 0.1) is 0 Å². The minimum atomic E-state index is -0.000717. The zero-order chi connectivity index (χ0) is 14.1. The summed E-state index contributed by atoms with van der Waals surface area (Å²) in [4.78, 5) is 0. The Morgan fingerprint density at radius 2 is 1.80 bits per heavy atom. The second kappa shape index (κ2) is 6.18. The zero-order valence-electron chi connectivity index (χ0n) is 10.4. The molecule has 0 amide bonds. The van der Waals surface area contributed by atoms with Gasteiger partial charge in [-0.2, -0.15) is 0 Å². The lowest BCUT2D eigenvalue weighted by atomic mass is 10.0. The molecule has 0 saturated carbocycles. The highest BCUT2D eigenvalue weighted by Gasteiger charge is 2.15. The summed E-state index contributed by atoms with van der Waals surface area (Å²) in [7, 11) is 0. The molecule has 0 spiro atoms. The molecule has 0 radical (unpaired) electrons. The van der Waals surface area contributed by atoms with E-state index in [9.17, 15) is 0 Å². The van der Waals surface area contributed by atoms with Crippen molar-refractivity contribution in [3.05, 3.63) is 67.9 Å². The number of hydrogen-bond acceptors (Lipinski definition) is 1. The largest absolute Gasteiger partial charge is 0.142 e. The van der Waals surface area contributed by atoms with E-state index < -0.39 is 0 Å². The van der Waals surface area contributed by atoms with Gasteiger partial charge in [0.1, 0.15) is 0 Å². The Hall–Kier alpha value is -0.350. The van der Waals surface area contributed by atoms with Gasteiger partial charge in [-0.05, 0) is 62.4 Å². The zero-order valence-corrected chi connectivity index (χ0v) is 15.2. The van der Waals surface area contributed by atoms with E-state index in [1.54, 1.807) is 11.3 Å². The lowest BCUT2D eigenvalue weighted by molar-refractivity contribution is 0.932. The molecule has 20 heavy (non-hydrogen) atoms. The molecule has 0 aliphatic heterocycles. The Balaban J connectivity index is 1.91. The molecule has 2 aromatic carbocycles. The molecule has 0 fully saturated rings. The van der Waals surface area contributed by atoms with Crippen molar-refractivity contribution in [1.82, 2.24) is 0 Å². The van der Waals surface area contributed by atoms with E-state index in [0.29, 0.717) is 0 Å². The van der Waals surface area contributed by atoms with Gasteiger partial charge >= 0.3 is 0 Å². The molecular formula is C16H11Br2ClS. The monoisotopic (exact) mass is 428 g/mol. The molecule has 0 bridgehead atoms. The van der Waals surface area contributed by atoms with Gasteiger partial charge in [0.15, 0.2) is 0 Å². The van der Waals surface area contributed by atoms with Crippen LogP contribution in [0.3, 0.4) is 0 Å². The van der Waals surface area contributed by atoms with Crippen LogP contribution >= 0.6 is 54.8 Å². The highest BCUT2D eigenvalue weighted by Crippen LogP contribution is 2.38. The lowest BCUT2D eigenvalue weighted by Gasteiger charge is -2.09. The van der Waals surface area contributed by atoms with Crippen LogP contribution in [0.5, 0.6) is 0 Å². The molecule has 0 saturated heterocycles. The molecule has 0 N–H and O–H groups in total. The van der Waals surface area contributed by atoms with E-state index in [2.05, 4.69) is 79.7 Å². The first-order valence-corrected chi connectivity index (χ1v) is 9.09. The Kier molecular flexibility index (Phi) is 4.51. The van der Waals surface area contributed by atoms with E-state index in [-0.39, 0.29) is 5.38 Å². The van der Waals surface area contributed by atoms with Gasteiger partial charge < -0.3 is 0 Å². The first kappa shape index (κ1) is 14.6. The molecule has 3 aromatic rings. The third-order valence-corrected chi connectivity index (χ3v) is 6.14. The molecule has 1 unspecified atom stereocenters. The van der Waals surface area contributed by atoms with Gasteiger partial charge in [0.2, 0.25) is 0 Å². The van der Waals surface area contributed by atoms with Crippen LogP contribution in [-0.4, -0.2) is 0 Å². The molecular weight excluding hydrogens is 420 g/mol. The maximum absolute atomic E-state index is 6.63. The molecule has 0 aliphatic rings. The average Bonchev–Trinajstić information content (AvgIpc) is 2.87. The third kappa shape index (κ3) is 2.96. The molecule has 3 rings (SSSR count). The van der Waals surface area contributed by atoms with Crippen LogP contribution in [-0.2, 0) is 6.42 Å². The molecule has 1 aromatic heterocycles. The van der Waals surface area contributed by atoms with Gasteiger partial charge in [-0.3, -0.25) is 0 Å². The van der Waals surface area contributed by atoms with Crippen molar-refractivity contribution in [2.24, 2.45) is 0 Å². The van der Waals surface area contributed by atoms with Gasteiger partial charge in [-0.25, -0.2) is 0 Å². The average molecular weight is 431 g/mol. The van der Waals surface area contributed by atoms with Crippen molar-refractivity contribution >= 4 is 64.9 Å². The highest BCUT2D eigenvalue weighted by atomic mass is 79.9. The molecule has 0 nitrogen and oxygen atoms in total. The minimum Gasteiger partial charge on any atom is -0.142 e. The van der Waals surface area contributed by atoms with E-state index in [4.69, 9.17) is 11.6 Å². The smallest absolute Gasteiger partial charge is 0.0639 e. The molecule has 0 aliphatic carbocycles. The van der Waals surface area contributed by atoms with E-state index in [0.717, 1.165) is 15.4 Å². The number of hydrogen-bond donors (Lipinski definition) is 0. The fraction of sp³-hybridized carbons (Fsp3) is 0.125. The predicted molar refractivity (Wildman–Crippen MR) is 96.0 cm³/mol. The van der Waals surface area contributed by atoms with Crippen molar-refractivity contribution < 1.29 is 0 Å². The quantitative estimate of drug-likeness (QED) is 0.395. The number of rotatable bonds is 3. The van der Waals surface area contributed by atoms with Gasteiger partial charge in [0.25, 0.3) is 0 Å². The third-order valence-electron chi connectivity index (χ3n) is 3.25. The van der Waals surface area contributed by atoms with Crippen molar-refractivity contribution in [3.63, 3.8) is 0 Å². The fourth-order valence-corrected chi connectivity index (χ4v) is 4.60. The second-order valence-electron chi connectivity index (χ2n) is 4.61. The summed E-state index contributed by atoms with van der Waals surface area (Å²) in [6.07, 6.45) is 0.840. The van der Waals surface area contributed by atoms with E-state index in [1.807, 2.05) is 0 Å². The van der Waals surface area contributed by atoms with Crippen molar-refractivity contribution in [1.29, 1.82) is 0 Å². The SMILES string of the molecule is ClC(Cc1ccc(Br)cc1)c1csc2c(Br)cccc12. The normalized spacial score (nSPS) is 12.8. The predicted octanol–water partition coefficient (Wildman–Crippen LogP) is 6.95. The van der Waals surface area contributed by atoms with Crippen LogP contribution in [0.2, 0.25) is 0 Å². The van der Waals surface area contributed by atoms with Gasteiger partial charge in [0.05, 0.1) is 5.38 Å². The van der Waals surface area contributed by atoms with Crippen molar-refractivity contribution in [2.75, 3.05) is 0 Å². The van der Waals surface area contributed by atoms with Crippen LogP contribution in [0.1, 0.15) is 16.5 Å². The Bertz CT molecular complexity index is 734. The van der Waals surface area contributed by atoms with Crippen LogP contribution in [0.4, 0.5) is 0 Å². The van der Waals surface area contributed by atoms with Gasteiger partial charge in [-0.1, -0.05) is 40.2 Å². The summed E-state index contributed by atoms with van der Waals surface area (Å²) in [5.74, 6) is 0. The molecule has 1 atom stereocenters.